The Morgan fingerprint density at radius 1 is 1.29 bits per heavy atom. The predicted molar refractivity (Wildman–Crippen MR) is 76.8 cm³/mol. The van der Waals surface area contributed by atoms with E-state index in [0.29, 0.717) is 6.04 Å². The zero-order chi connectivity index (χ0) is 12.1. The van der Waals surface area contributed by atoms with Gasteiger partial charge in [0.2, 0.25) is 0 Å². The van der Waals surface area contributed by atoms with Crippen LogP contribution in [0.4, 0.5) is 5.13 Å². The molecule has 1 unspecified atom stereocenters. The first-order valence-electron chi connectivity index (χ1n) is 6.45. The molecule has 1 aromatic heterocycles. The van der Waals surface area contributed by atoms with Gasteiger partial charge in [0.15, 0.2) is 5.13 Å². The van der Waals surface area contributed by atoms with Crippen molar-refractivity contribution in [1.29, 1.82) is 0 Å². The van der Waals surface area contributed by atoms with Gasteiger partial charge in [0.25, 0.3) is 0 Å². The molecule has 1 aromatic carbocycles. The molecule has 0 radical (unpaired) electrons. The lowest BCUT2D eigenvalue weighted by Gasteiger charge is -2.15. The summed E-state index contributed by atoms with van der Waals surface area (Å²) in [5, 5.41) is 4.62. The first kappa shape index (κ1) is 12.4. The summed E-state index contributed by atoms with van der Waals surface area (Å²) >= 11 is 1.75. The summed E-state index contributed by atoms with van der Waals surface area (Å²) in [5.74, 6) is 0. The monoisotopic (exact) mass is 248 g/mol. The maximum absolute atomic E-state index is 4.62. The van der Waals surface area contributed by atoms with Crippen LogP contribution in [0.15, 0.2) is 24.3 Å². The average molecular weight is 248 g/mol. The van der Waals surface area contributed by atoms with Gasteiger partial charge in [0.1, 0.15) is 0 Å². The van der Waals surface area contributed by atoms with Gasteiger partial charge >= 0.3 is 0 Å². The molecule has 1 atom stereocenters. The lowest BCUT2D eigenvalue weighted by molar-refractivity contribution is 0.593. The minimum Gasteiger partial charge on any atom is -0.359 e. The average Bonchev–Trinajstić information content (AvgIpc) is 2.76. The Bertz CT molecular complexity index is 431. The van der Waals surface area contributed by atoms with E-state index in [1.165, 1.54) is 24.0 Å². The molecule has 2 nitrogen and oxygen atoms in total. The van der Waals surface area contributed by atoms with Gasteiger partial charge in [-0.2, -0.15) is 0 Å². The van der Waals surface area contributed by atoms with Crippen molar-refractivity contribution >= 4 is 26.7 Å². The van der Waals surface area contributed by atoms with Crippen LogP contribution in [0.2, 0.25) is 0 Å². The predicted octanol–water partition coefficient (Wildman–Crippen LogP) is 4.68. The van der Waals surface area contributed by atoms with Crippen LogP contribution in [-0.4, -0.2) is 11.0 Å². The Hall–Kier alpha value is -1.09. The van der Waals surface area contributed by atoms with Crippen molar-refractivity contribution in [3.8, 4) is 0 Å². The smallest absolute Gasteiger partial charge is 0.184 e. The summed E-state index contributed by atoms with van der Waals surface area (Å²) in [6, 6.07) is 8.88. The van der Waals surface area contributed by atoms with E-state index in [2.05, 4.69) is 42.3 Å². The number of nitrogens with zero attached hydrogens (tertiary/aromatic N) is 1. The summed E-state index contributed by atoms with van der Waals surface area (Å²) in [4.78, 5) is 4.62. The van der Waals surface area contributed by atoms with Crippen molar-refractivity contribution in [1.82, 2.24) is 4.98 Å². The highest BCUT2D eigenvalue weighted by atomic mass is 32.1. The third-order valence-electron chi connectivity index (χ3n) is 3.02. The molecule has 3 heteroatoms. The Labute approximate surface area is 107 Å². The second kappa shape index (κ2) is 6.01. The number of thiazole rings is 1. The molecule has 2 rings (SSSR count). The number of fused-ring (bicyclic) bond motifs is 1. The van der Waals surface area contributed by atoms with Crippen LogP contribution in [0, 0.1) is 0 Å². The third kappa shape index (κ3) is 3.19. The molecule has 1 N–H and O–H groups in total. The van der Waals surface area contributed by atoms with E-state index in [-0.39, 0.29) is 0 Å². The summed E-state index contributed by atoms with van der Waals surface area (Å²) in [5.41, 5.74) is 1.10. The number of para-hydroxylation sites is 1. The highest BCUT2D eigenvalue weighted by Crippen LogP contribution is 2.26. The number of hydrogen-bond donors (Lipinski definition) is 1. The Morgan fingerprint density at radius 3 is 2.82 bits per heavy atom. The number of unbranched alkanes of at least 4 members (excludes halogenated alkanes) is 1. The largest absolute Gasteiger partial charge is 0.359 e. The highest BCUT2D eigenvalue weighted by molar-refractivity contribution is 7.22. The fourth-order valence-electron chi connectivity index (χ4n) is 1.94. The third-order valence-corrected chi connectivity index (χ3v) is 3.99. The molecule has 0 aliphatic rings. The number of aromatic nitrogens is 1. The molecule has 1 heterocycles. The molecule has 0 aliphatic carbocycles. The van der Waals surface area contributed by atoms with Crippen LogP contribution in [-0.2, 0) is 0 Å². The van der Waals surface area contributed by atoms with E-state index in [0.717, 1.165) is 17.1 Å². The molecule has 0 bridgehead atoms. The summed E-state index contributed by atoms with van der Waals surface area (Å²) in [7, 11) is 0. The zero-order valence-corrected chi connectivity index (χ0v) is 11.4. The molecule has 92 valence electrons. The number of rotatable bonds is 6. The number of benzene rings is 1. The molecule has 2 aromatic rings. The van der Waals surface area contributed by atoms with Crippen molar-refractivity contribution < 1.29 is 0 Å². The summed E-state index contributed by atoms with van der Waals surface area (Å²) in [6.07, 6.45) is 4.95. The fraction of sp³-hybridized carbons (Fsp3) is 0.500. The highest BCUT2D eigenvalue weighted by Gasteiger charge is 2.08. The van der Waals surface area contributed by atoms with Gasteiger partial charge < -0.3 is 5.32 Å². The van der Waals surface area contributed by atoms with E-state index in [1.807, 2.05) is 6.07 Å². The van der Waals surface area contributed by atoms with Crippen LogP contribution in [0.1, 0.15) is 39.5 Å². The van der Waals surface area contributed by atoms with Crippen LogP contribution in [0.25, 0.3) is 10.2 Å². The summed E-state index contributed by atoms with van der Waals surface area (Å²) in [6.45, 7) is 4.48. The molecule has 17 heavy (non-hydrogen) atoms. The van der Waals surface area contributed by atoms with Crippen molar-refractivity contribution in [2.75, 3.05) is 5.32 Å². The van der Waals surface area contributed by atoms with E-state index in [1.54, 1.807) is 11.3 Å². The first-order valence-corrected chi connectivity index (χ1v) is 7.27. The molecule has 0 saturated carbocycles. The standard InChI is InChI=1S/C14H20N2S/c1-3-5-8-11(4-2)15-14-16-12-9-6-7-10-13(12)17-14/h6-7,9-11H,3-5,8H2,1-2H3,(H,15,16). The Balaban J connectivity index is 2.06. The minimum atomic E-state index is 0.565. The van der Waals surface area contributed by atoms with E-state index >= 15 is 0 Å². The number of nitrogens with one attached hydrogen (secondary N) is 1. The van der Waals surface area contributed by atoms with Gasteiger partial charge in [-0.3, -0.25) is 0 Å². The first-order chi connectivity index (χ1) is 8.33. The van der Waals surface area contributed by atoms with E-state index < -0.39 is 0 Å². The van der Waals surface area contributed by atoms with Crippen LogP contribution in [0.3, 0.4) is 0 Å². The van der Waals surface area contributed by atoms with Crippen LogP contribution in [0.5, 0.6) is 0 Å². The van der Waals surface area contributed by atoms with Gasteiger partial charge in [0, 0.05) is 6.04 Å². The number of hydrogen-bond acceptors (Lipinski definition) is 3. The Kier molecular flexibility index (Phi) is 4.37. The second-order valence-corrected chi connectivity index (χ2v) is 5.41. The van der Waals surface area contributed by atoms with Crippen LogP contribution < -0.4 is 5.32 Å². The van der Waals surface area contributed by atoms with Gasteiger partial charge in [-0.25, -0.2) is 4.98 Å². The fourth-order valence-corrected chi connectivity index (χ4v) is 2.88. The van der Waals surface area contributed by atoms with Crippen molar-refractivity contribution in [3.05, 3.63) is 24.3 Å². The molecular weight excluding hydrogens is 228 g/mol. The van der Waals surface area contributed by atoms with Gasteiger partial charge in [0.05, 0.1) is 10.2 Å². The van der Waals surface area contributed by atoms with E-state index in [4.69, 9.17) is 0 Å². The van der Waals surface area contributed by atoms with Gasteiger partial charge in [-0.05, 0) is 25.0 Å². The maximum Gasteiger partial charge on any atom is 0.184 e. The quantitative estimate of drug-likeness (QED) is 0.803. The minimum absolute atomic E-state index is 0.565. The molecule has 0 amide bonds. The van der Waals surface area contributed by atoms with Crippen molar-refractivity contribution in [2.45, 2.75) is 45.6 Å². The maximum atomic E-state index is 4.62. The lowest BCUT2D eigenvalue weighted by atomic mass is 10.1. The van der Waals surface area contributed by atoms with Crippen molar-refractivity contribution in [3.63, 3.8) is 0 Å². The second-order valence-electron chi connectivity index (χ2n) is 4.38. The summed E-state index contributed by atoms with van der Waals surface area (Å²) < 4.78 is 1.26. The SMILES string of the molecule is CCCCC(CC)Nc1nc2ccccc2s1. The van der Waals surface area contributed by atoms with Gasteiger partial charge in [-0.15, -0.1) is 0 Å². The molecule has 0 aliphatic heterocycles. The van der Waals surface area contributed by atoms with Gasteiger partial charge in [-0.1, -0.05) is 50.2 Å². The normalized spacial score (nSPS) is 12.8. The molecular formula is C14H20N2S. The van der Waals surface area contributed by atoms with Crippen molar-refractivity contribution in [2.24, 2.45) is 0 Å². The Morgan fingerprint density at radius 2 is 2.12 bits per heavy atom. The zero-order valence-electron chi connectivity index (χ0n) is 10.6. The van der Waals surface area contributed by atoms with E-state index in [9.17, 15) is 0 Å². The van der Waals surface area contributed by atoms with Crippen LogP contribution >= 0.6 is 11.3 Å². The molecule has 0 saturated heterocycles. The number of anilines is 1. The topological polar surface area (TPSA) is 24.9 Å². The molecule has 0 fully saturated rings. The molecule has 0 spiro atoms. The lowest BCUT2D eigenvalue weighted by Crippen LogP contribution is -2.17.